The number of aromatic hydroxyl groups is 1. The van der Waals surface area contributed by atoms with E-state index in [1.165, 1.54) is 17.5 Å². The van der Waals surface area contributed by atoms with E-state index in [9.17, 15) is 18.6 Å². The standard InChI is InChI=1S/C23H25N3O5S/c1-32(29,30)26-21-12-15(6-9-22(21)27)13-23(28)24-10-11-31-16-7-8-18-17-4-2-3-5-19(17)25-20(18)14-16/h2-9,12,14,23-28H,10-11,13H2,1H3. The van der Waals surface area contributed by atoms with Crippen LogP contribution in [-0.4, -0.2) is 49.3 Å². The maximum Gasteiger partial charge on any atom is 0.229 e. The first-order valence-electron chi connectivity index (χ1n) is 10.1. The van der Waals surface area contributed by atoms with Crippen LogP contribution in [-0.2, 0) is 16.4 Å². The van der Waals surface area contributed by atoms with E-state index in [2.05, 4.69) is 21.1 Å². The van der Waals surface area contributed by atoms with Crippen molar-refractivity contribution in [3.8, 4) is 11.5 Å². The number of aliphatic hydroxyl groups excluding tert-OH is 1. The summed E-state index contributed by atoms with van der Waals surface area (Å²) in [4.78, 5) is 3.38. The van der Waals surface area contributed by atoms with Gasteiger partial charge in [0, 0.05) is 35.3 Å². The highest BCUT2D eigenvalue weighted by Gasteiger charge is 2.11. The van der Waals surface area contributed by atoms with E-state index in [1.54, 1.807) is 6.07 Å². The molecule has 4 aromatic rings. The Morgan fingerprint density at radius 2 is 1.81 bits per heavy atom. The number of ether oxygens (including phenoxy) is 1. The Morgan fingerprint density at radius 1 is 1.03 bits per heavy atom. The monoisotopic (exact) mass is 455 g/mol. The molecule has 0 aliphatic carbocycles. The number of hydrogen-bond donors (Lipinski definition) is 5. The van der Waals surface area contributed by atoms with Gasteiger partial charge < -0.3 is 19.9 Å². The molecule has 0 spiro atoms. The van der Waals surface area contributed by atoms with Gasteiger partial charge in [-0.2, -0.15) is 0 Å². The van der Waals surface area contributed by atoms with Crippen molar-refractivity contribution in [2.24, 2.45) is 0 Å². The van der Waals surface area contributed by atoms with Gasteiger partial charge in [0.25, 0.3) is 0 Å². The molecule has 0 amide bonds. The van der Waals surface area contributed by atoms with Crippen molar-refractivity contribution in [2.45, 2.75) is 12.6 Å². The number of sulfonamides is 1. The number of aromatic nitrogens is 1. The van der Waals surface area contributed by atoms with Crippen molar-refractivity contribution < 1.29 is 23.4 Å². The Kier molecular flexibility index (Phi) is 6.22. The van der Waals surface area contributed by atoms with Crippen LogP contribution in [0.15, 0.2) is 60.7 Å². The van der Waals surface area contributed by atoms with Gasteiger partial charge in [0.05, 0.1) is 17.5 Å². The molecule has 5 N–H and O–H groups in total. The third-order valence-corrected chi connectivity index (χ3v) is 5.60. The molecule has 3 aromatic carbocycles. The number of benzene rings is 3. The van der Waals surface area contributed by atoms with Crippen LogP contribution in [0.3, 0.4) is 0 Å². The van der Waals surface area contributed by atoms with Crippen molar-refractivity contribution in [1.29, 1.82) is 0 Å². The molecule has 0 radical (unpaired) electrons. The predicted octanol–water partition coefficient (Wildman–Crippen LogP) is 2.93. The molecular formula is C23H25N3O5S. The van der Waals surface area contributed by atoms with Crippen molar-refractivity contribution >= 4 is 37.5 Å². The summed E-state index contributed by atoms with van der Waals surface area (Å²) in [6.07, 6.45) is 0.385. The SMILES string of the molecule is CS(=O)(=O)Nc1cc(CC(O)NCCOc2ccc3c(c2)[nH]c2ccccc23)ccc1O. The second-order valence-electron chi connectivity index (χ2n) is 7.63. The molecule has 168 valence electrons. The van der Waals surface area contributed by atoms with Crippen LogP contribution in [0.2, 0.25) is 0 Å². The molecule has 0 fully saturated rings. The second kappa shape index (κ2) is 9.07. The Balaban J connectivity index is 1.29. The number of fused-ring (bicyclic) bond motifs is 3. The third kappa shape index (κ3) is 5.31. The predicted molar refractivity (Wildman–Crippen MR) is 126 cm³/mol. The Labute approximate surface area is 185 Å². The van der Waals surface area contributed by atoms with Crippen LogP contribution in [0, 0.1) is 0 Å². The summed E-state index contributed by atoms with van der Waals surface area (Å²) in [5, 5.41) is 25.3. The van der Waals surface area contributed by atoms with Crippen molar-refractivity contribution in [3.63, 3.8) is 0 Å². The zero-order chi connectivity index (χ0) is 22.7. The van der Waals surface area contributed by atoms with Gasteiger partial charge in [-0.25, -0.2) is 8.42 Å². The highest BCUT2D eigenvalue weighted by atomic mass is 32.2. The zero-order valence-corrected chi connectivity index (χ0v) is 18.3. The fraction of sp³-hybridized carbons (Fsp3) is 0.217. The molecule has 8 nitrogen and oxygen atoms in total. The molecule has 4 rings (SSSR count). The van der Waals surface area contributed by atoms with Gasteiger partial charge in [0.2, 0.25) is 10.0 Å². The molecule has 1 atom stereocenters. The number of aliphatic hydroxyl groups is 1. The van der Waals surface area contributed by atoms with Gasteiger partial charge in [-0.05, 0) is 35.9 Å². The van der Waals surface area contributed by atoms with E-state index in [-0.39, 0.29) is 17.9 Å². The van der Waals surface area contributed by atoms with Crippen LogP contribution < -0.4 is 14.8 Å². The number of nitrogens with one attached hydrogen (secondary N) is 3. The van der Waals surface area contributed by atoms with Gasteiger partial charge in [0.1, 0.15) is 24.3 Å². The number of aromatic amines is 1. The average Bonchev–Trinajstić information content (AvgIpc) is 3.10. The lowest BCUT2D eigenvalue weighted by molar-refractivity contribution is 0.130. The summed E-state index contributed by atoms with van der Waals surface area (Å²) in [7, 11) is -3.52. The molecular weight excluding hydrogens is 430 g/mol. The highest BCUT2D eigenvalue weighted by Crippen LogP contribution is 2.28. The van der Waals surface area contributed by atoms with Crippen molar-refractivity contribution in [1.82, 2.24) is 10.3 Å². The first kappa shape index (κ1) is 21.9. The number of para-hydroxylation sites is 1. The van der Waals surface area contributed by atoms with Gasteiger partial charge in [0.15, 0.2) is 0 Å². The lowest BCUT2D eigenvalue weighted by Gasteiger charge is -2.15. The number of phenolic OH excluding ortho intramolecular Hbond substituents is 1. The zero-order valence-electron chi connectivity index (χ0n) is 17.5. The Bertz CT molecular complexity index is 1350. The van der Waals surface area contributed by atoms with Crippen LogP contribution in [0.5, 0.6) is 11.5 Å². The van der Waals surface area contributed by atoms with E-state index >= 15 is 0 Å². The minimum atomic E-state index is -3.52. The van der Waals surface area contributed by atoms with Crippen molar-refractivity contribution in [3.05, 3.63) is 66.2 Å². The van der Waals surface area contributed by atoms with Gasteiger partial charge >= 0.3 is 0 Å². The van der Waals surface area contributed by atoms with E-state index < -0.39 is 16.3 Å². The molecule has 0 aliphatic heterocycles. The fourth-order valence-electron chi connectivity index (χ4n) is 3.61. The molecule has 1 aromatic heterocycles. The first-order chi connectivity index (χ1) is 15.3. The molecule has 0 saturated heterocycles. The fourth-order valence-corrected chi connectivity index (χ4v) is 4.17. The quantitative estimate of drug-likeness (QED) is 0.150. The van der Waals surface area contributed by atoms with E-state index in [1.807, 2.05) is 36.4 Å². The minimum absolute atomic E-state index is 0.0768. The summed E-state index contributed by atoms with van der Waals surface area (Å²) in [5.74, 6) is 0.553. The summed E-state index contributed by atoms with van der Waals surface area (Å²) in [5.41, 5.74) is 2.82. The average molecular weight is 456 g/mol. The topological polar surface area (TPSA) is 124 Å². The number of H-pyrrole nitrogens is 1. The lowest BCUT2D eigenvalue weighted by Crippen LogP contribution is -2.34. The van der Waals surface area contributed by atoms with Crippen LogP contribution in [0.1, 0.15) is 5.56 Å². The summed E-state index contributed by atoms with van der Waals surface area (Å²) >= 11 is 0. The van der Waals surface area contributed by atoms with Gasteiger partial charge in [-0.15, -0.1) is 0 Å². The normalized spacial score (nSPS) is 12.8. The van der Waals surface area contributed by atoms with Crippen LogP contribution >= 0.6 is 0 Å². The van der Waals surface area contributed by atoms with E-state index in [4.69, 9.17) is 4.74 Å². The number of phenols is 1. The summed E-state index contributed by atoms with van der Waals surface area (Å²) in [6, 6.07) is 18.5. The van der Waals surface area contributed by atoms with Gasteiger partial charge in [-0.1, -0.05) is 24.3 Å². The smallest absolute Gasteiger partial charge is 0.229 e. The summed E-state index contributed by atoms with van der Waals surface area (Å²) < 4.78 is 30.8. The van der Waals surface area contributed by atoms with Crippen molar-refractivity contribution in [2.75, 3.05) is 24.1 Å². The molecule has 1 unspecified atom stereocenters. The Morgan fingerprint density at radius 3 is 2.62 bits per heavy atom. The van der Waals surface area contributed by atoms with Crippen LogP contribution in [0.25, 0.3) is 21.8 Å². The molecule has 0 aliphatic rings. The number of anilines is 1. The van der Waals surface area contributed by atoms with Crippen LogP contribution in [0.4, 0.5) is 5.69 Å². The minimum Gasteiger partial charge on any atom is -0.506 e. The molecule has 0 bridgehead atoms. The lowest BCUT2D eigenvalue weighted by atomic mass is 10.1. The second-order valence-corrected chi connectivity index (χ2v) is 9.37. The largest absolute Gasteiger partial charge is 0.506 e. The Hall–Kier alpha value is -3.27. The molecule has 0 saturated carbocycles. The first-order valence-corrected chi connectivity index (χ1v) is 12.0. The number of hydrogen-bond acceptors (Lipinski definition) is 6. The van der Waals surface area contributed by atoms with E-state index in [0.717, 1.165) is 28.4 Å². The molecule has 32 heavy (non-hydrogen) atoms. The molecule has 9 heteroatoms. The third-order valence-electron chi connectivity index (χ3n) is 5.01. The van der Waals surface area contributed by atoms with Gasteiger partial charge in [-0.3, -0.25) is 10.0 Å². The maximum atomic E-state index is 11.4. The summed E-state index contributed by atoms with van der Waals surface area (Å²) in [6.45, 7) is 0.775. The highest BCUT2D eigenvalue weighted by molar-refractivity contribution is 7.92. The maximum absolute atomic E-state index is 11.4. The number of rotatable bonds is 9. The molecule has 1 heterocycles. The van der Waals surface area contributed by atoms with E-state index in [0.29, 0.717) is 18.7 Å².